The van der Waals surface area contributed by atoms with Gasteiger partial charge in [-0.05, 0) is 103 Å². The van der Waals surface area contributed by atoms with Gasteiger partial charge in [0.2, 0.25) is 23.6 Å². The molecule has 19 heteroatoms. The standard InChI is InChI=1S/C61H84F2N12O5/c1-41(2)24-51(69-59(80)57(78)42(3)25-43-10-7-6-8-11-43)58(79)64-18-23-72-33-47-35-73(36-48(47)34-72)37-55(76)66-31-45-13-9-12-44(26-45)30-65-53-29-54(68-40-67-53)74-21-16-61(17-22-74)39-75(38-56(77)70-61)52-28-49(62)46(27-50(52)63)32-71-19-14-60(4,5)15-20-71/h6-13,26-29,40-42,47-48,51,57,78H,14-25,30-39H2,1-5H3,(H,64,79)(H,66,76)(H,69,80)(H,70,77)(H,65,67,68)/t42-,47-,48+,51+,57+/m1/s1. The Hall–Kier alpha value is -6.28. The van der Waals surface area contributed by atoms with E-state index in [0.717, 1.165) is 74.6 Å². The van der Waals surface area contributed by atoms with Gasteiger partial charge < -0.3 is 46.4 Å². The van der Waals surface area contributed by atoms with Crippen LogP contribution in [0.3, 0.4) is 0 Å². The molecule has 6 N–H and O–H groups in total. The first-order valence-electron chi connectivity index (χ1n) is 29.0. The molecule has 9 rings (SSSR count). The van der Waals surface area contributed by atoms with Crippen molar-refractivity contribution in [3.63, 3.8) is 0 Å². The molecule has 0 saturated carbocycles. The second kappa shape index (κ2) is 26.1. The Balaban J connectivity index is 0.669. The number of carbonyl (C=O) groups is 4. The number of nitrogens with one attached hydrogen (secondary N) is 5. The van der Waals surface area contributed by atoms with Crippen molar-refractivity contribution in [2.24, 2.45) is 29.1 Å². The predicted molar refractivity (Wildman–Crippen MR) is 306 cm³/mol. The molecule has 6 heterocycles. The summed E-state index contributed by atoms with van der Waals surface area (Å²) in [5.41, 5.74) is 3.20. The summed E-state index contributed by atoms with van der Waals surface area (Å²) in [7, 11) is 0. The third kappa shape index (κ3) is 15.6. The number of anilines is 3. The number of aliphatic hydroxyl groups excluding tert-OH is 1. The summed E-state index contributed by atoms with van der Waals surface area (Å²) in [5.74, 6) is 0.225. The first-order valence-corrected chi connectivity index (χ1v) is 29.0. The molecule has 80 heavy (non-hydrogen) atoms. The summed E-state index contributed by atoms with van der Waals surface area (Å²) < 4.78 is 31.3. The minimum Gasteiger partial charge on any atom is -0.383 e. The van der Waals surface area contributed by atoms with Crippen LogP contribution in [-0.2, 0) is 45.2 Å². The van der Waals surface area contributed by atoms with E-state index in [0.29, 0.717) is 108 Å². The number of piperidine rings is 2. The lowest BCUT2D eigenvalue weighted by Gasteiger charge is -2.48. The van der Waals surface area contributed by atoms with Gasteiger partial charge in [0.15, 0.2) is 0 Å². The van der Waals surface area contributed by atoms with E-state index < -0.39 is 35.2 Å². The molecule has 0 radical (unpaired) electrons. The highest BCUT2D eigenvalue weighted by atomic mass is 19.1. The van der Waals surface area contributed by atoms with Gasteiger partial charge in [-0.25, -0.2) is 18.7 Å². The first-order chi connectivity index (χ1) is 38.3. The van der Waals surface area contributed by atoms with E-state index in [2.05, 4.69) is 76.1 Å². The number of rotatable bonds is 22. The minimum atomic E-state index is -1.23. The fourth-order valence-corrected chi connectivity index (χ4v) is 12.5. The lowest BCUT2D eigenvalue weighted by atomic mass is 9.82. The lowest BCUT2D eigenvalue weighted by Crippen LogP contribution is -2.66. The largest absolute Gasteiger partial charge is 0.383 e. The van der Waals surface area contributed by atoms with Crippen LogP contribution in [0.15, 0.2) is 79.1 Å². The van der Waals surface area contributed by atoms with Crippen LogP contribution in [0.5, 0.6) is 0 Å². The average Bonchev–Trinajstić information content (AvgIpc) is 4.08. The van der Waals surface area contributed by atoms with Gasteiger partial charge in [0.1, 0.15) is 41.7 Å². The van der Waals surface area contributed by atoms with Crippen LogP contribution in [0, 0.1) is 40.7 Å². The molecule has 5 aliphatic rings. The van der Waals surface area contributed by atoms with Crippen LogP contribution in [0.2, 0.25) is 0 Å². The summed E-state index contributed by atoms with van der Waals surface area (Å²) in [6, 6.07) is 21.6. The van der Waals surface area contributed by atoms with Crippen molar-refractivity contribution in [1.29, 1.82) is 0 Å². The van der Waals surface area contributed by atoms with Crippen LogP contribution < -0.4 is 36.4 Å². The summed E-state index contributed by atoms with van der Waals surface area (Å²) in [4.78, 5) is 72.5. The highest BCUT2D eigenvalue weighted by Crippen LogP contribution is 2.35. The number of hydrogen-bond acceptors (Lipinski definition) is 13. The van der Waals surface area contributed by atoms with Crippen LogP contribution in [-0.4, -0.2) is 156 Å². The van der Waals surface area contributed by atoms with Gasteiger partial charge >= 0.3 is 0 Å². The zero-order valence-electron chi connectivity index (χ0n) is 47.5. The third-order valence-electron chi connectivity index (χ3n) is 17.2. The molecule has 1 aromatic heterocycles. The van der Waals surface area contributed by atoms with E-state index >= 15 is 8.78 Å². The van der Waals surface area contributed by atoms with Crippen molar-refractivity contribution in [3.05, 3.63) is 113 Å². The van der Waals surface area contributed by atoms with Crippen molar-refractivity contribution >= 4 is 41.0 Å². The number of halogens is 2. The number of likely N-dealkylation sites (tertiary alicyclic amines) is 3. The third-order valence-corrected chi connectivity index (χ3v) is 17.2. The fraction of sp³-hybridized carbons (Fsp3) is 0.574. The van der Waals surface area contributed by atoms with Crippen LogP contribution in [0.25, 0.3) is 0 Å². The molecule has 1 spiro atoms. The molecule has 0 bridgehead atoms. The monoisotopic (exact) mass is 1100 g/mol. The SMILES string of the molecule is CC(C)C[C@H](NC(=O)[C@@H](O)[C@H](C)Cc1ccccc1)C(=O)NCCN1C[C@@H]2CN(CC(=O)NCc3cccc(CNc4cc(N5CCC6(CC5)CN(c5cc(F)c(CN7CCC(C)(C)CC7)cc5F)CC(=O)N6)ncn4)c3)C[C@@H]2C1. The second-order valence-corrected chi connectivity index (χ2v) is 24.8. The number of amides is 4. The summed E-state index contributed by atoms with van der Waals surface area (Å²) in [5, 5.41) is 26.4. The Kier molecular flexibility index (Phi) is 19.0. The molecule has 17 nitrogen and oxygen atoms in total. The number of fused-ring (bicyclic) bond motifs is 1. The molecular formula is C61H84F2N12O5. The van der Waals surface area contributed by atoms with Crippen LogP contribution >= 0.6 is 0 Å². The quantitative estimate of drug-likeness (QED) is 0.0593. The summed E-state index contributed by atoms with van der Waals surface area (Å²) in [6.07, 6.45) is 4.58. The second-order valence-electron chi connectivity index (χ2n) is 24.8. The Morgan fingerprint density at radius 1 is 0.762 bits per heavy atom. The number of hydrogen-bond donors (Lipinski definition) is 6. The van der Waals surface area contributed by atoms with Crippen molar-refractivity contribution in [2.45, 2.75) is 110 Å². The zero-order chi connectivity index (χ0) is 56.6. The number of nitrogens with zero attached hydrogens (tertiary/aromatic N) is 7. The number of benzene rings is 3. The average molecular weight is 1100 g/mol. The summed E-state index contributed by atoms with van der Waals surface area (Å²) >= 11 is 0. The Morgan fingerprint density at radius 2 is 1.45 bits per heavy atom. The molecule has 5 aliphatic heterocycles. The van der Waals surface area contributed by atoms with E-state index in [9.17, 15) is 24.3 Å². The maximum atomic E-state index is 15.8. The molecule has 0 unspecified atom stereocenters. The molecule has 3 aromatic carbocycles. The first kappa shape index (κ1) is 58.4. The molecule has 4 amide bonds. The maximum Gasteiger partial charge on any atom is 0.249 e. The Morgan fingerprint density at radius 3 is 2.16 bits per heavy atom. The Labute approximate surface area is 471 Å². The number of aromatic nitrogens is 2. The maximum absolute atomic E-state index is 15.8. The number of carbonyl (C=O) groups excluding carboxylic acids is 4. The Bertz CT molecular complexity index is 2760. The van der Waals surface area contributed by atoms with Gasteiger partial charge in [0.25, 0.3) is 0 Å². The minimum absolute atomic E-state index is 0.0171. The molecule has 432 valence electrons. The van der Waals surface area contributed by atoms with Gasteiger partial charge in [-0.1, -0.05) is 89.2 Å². The van der Waals surface area contributed by atoms with Crippen LogP contribution in [0.4, 0.5) is 26.1 Å². The topological polar surface area (TPSA) is 191 Å². The van der Waals surface area contributed by atoms with E-state index in [-0.39, 0.29) is 47.2 Å². The van der Waals surface area contributed by atoms with E-state index in [1.54, 1.807) is 4.90 Å². The van der Waals surface area contributed by atoms with Crippen molar-refractivity contribution < 1.29 is 33.1 Å². The van der Waals surface area contributed by atoms with Crippen molar-refractivity contribution in [3.8, 4) is 0 Å². The molecular weight excluding hydrogens is 1020 g/mol. The highest BCUT2D eigenvalue weighted by molar-refractivity contribution is 5.89. The molecule has 5 atom stereocenters. The molecule has 5 saturated heterocycles. The van der Waals surface area contributed by atoms with E-state index in [1.165, 1.54) is 18.5 Å². The van der Waals surface area contributed by atoms with E-state index in [4.69, 9.17) is 0 Å². The highest BCUT2D eigenvalue weighted by Gasteiger charge is 2.43. The van der Waals surface area contributed by atoms with Crippen molar-refractivity contribution in [2.75, 3.05) is 100 Å². The predicted octanol–water partition coefficient (Wildman–Crippen LogP) is 5.33. The normalized spacial score (nSPS) is 21.4. The van der Waals surface area contributed by atoms with Gasteiger partial charge in [-0.3, -0.25) is 29.0 Å². The number of piperazine rings is 1. The van der Waals surface area contributed by atoms with Gasteiger partial charge in [-0.2, -0.15) is 0 Å². The fourth-order valence-electron chi connectivity index (χ4n) is 12.5. The summed E-state index contributed by atoms with van der Waals surface area (Å²) in [6.45, 7) is 19.8. The number of aliphatic hydroxyl groups is 1. The van der Waals surface area contributed by atoms with Crippen molar-refractivity contribution in [1.82, 2.24) is 45.9 Å². The molecule has 4 aromatic rings. The molecule has 0 aliphatic carbocycles. The van der Waals surface area contributed by atoms with Gasteiger partial charge in [0, 0.05) is 96.2 Å². The van der Waals surface area contributed by atoms with Crippen LogP contribution in [0.1, 0.15) is 89.0 Å². The smallest absolute Gasteiger partial charge is 0.249 e. The zero-order valence-corrected chi connectivity index (χ0v) is 47.5. The van der Waals surface area contributed by atoms with E-state index in [1.807, 2.05) is 75.4 Å². The molecule has 5 fully saturated rings. The van der Waals surface area contributed by atoms with Gasteiger partial charge in [-0.15, -0.1) is 0 Å². The lowest BCUT2D eigenvalue weighted by molar-refractivity contribution is -0.136. The van der Waals surface area contributed by atoms with Gasteiger partial charge in [0.05, 0.1) is 24.3 Å².